The average molecular weight is 245 g/mol. The van der Waals surface area contributed by atoms with Crippen LogP contribution in [0.3, 0.4) is 0 Å². The van der Waals surface area contributed by atoms with Gasteiger partial charge in [-0.05, 0) is 50.2 Å². The lowest BCUT2D eigenvalue weighted by atomic mass is 9.96. The molecule has 1 aliphatic carbocycles. The van der Waals surface area contributed by atoms with Crippen molar-refractivity contribution < 1.29 is 0 Å². The lowest BCUT2D eigenvalue weighted by molar-refractivity contribution is 0.429. The van der Waals surface area contributed by atoms with Gasteiger partial charge in [-0.3, -0.25) is 0 Å². The summed E-state index contributed by atoms with van der Waals surface area (Å²) in [7, 11) is 0. The highest BCUT2D eigenvalue weighted by Crippen LogP contribution is 2.37. The molecule has 1 atom stereocenters. The lowest BCUT2D eigenvalue weighted by Crippen LogP contribution is -2.35. The Morgan fingerprint density at radius 3 is 2.72 bits per heavy atom. The molecule has 0 amide bonds. The van der Waals surface area contributed by atoms with Crippen LogP contribution < -0.4 is 10.6 Å². The van der Waals surface area contributed by atoms with Crippen molar-refractivity contribution in [1.29, 1.82) is 0 Å². The topological polar surface area (TPSA) is 42.2 Å². The Labute approximate surface area is 109 Å². The van der Waals surface area contributed by atoms with Crippen LogP contribution in [-0.2, 0) is 0 Å². The van der Waals surface area contributed by atoms with E-state index in [9.17, 15) is 0 Å². The van der Waals surface area contributed by atoms with Crippen molar-refractivity contribution in [2.24, 2.45) is 5.92 Å². The molecular weight excluding hydrogens is 222 g/mol. The molecule has 1 aromatic rings. The molecule has 0 spiro atoms. The van der Waals surface area contributed by atoms with Gasteiger partial charge in [0.25, 0.3) is 0 Å². The molecule has 18 heavy (non-hydrogen) atoms. The van der Waals surface area contributed by atoms with E-state index in [2.05, 4.69) is 22.9 Å². The van der Waals surface area contributed by atoms with Crippen molar-refractivity contribution >= 4 is 11.5 Å². The molecule has 2 N–H and O–H groups in total. The standard InChI is InChI=1S/C15H23N3/c1-11-9-15(17-10-13(11)16)18-8-4-7-14(18)12-5-2-3-6-12/h9-10,12,14H,2-8,16H2,1H3. The first-order valence-corrected chi connectivity index (χ1v) is 7.24. The van der Waals surface area contributed by atoms with Crippen LogP contribution in [0.4, 0.5) is 11.5 Å². The molecule has 1 saturated heterocycles. The van der Waals surface area contributed by atoms with Gasteiger partial charge in [0.15, 0.2) is 0 Å². The first-order chi connectivity index (χ1) is 8.75. The molecule has 2 aliphatic rings. The maximum absolute atomic E-state index is 5.86. The van der Waals surface area contributed by atoms with Gasteiger partial charge in [-0.2, -0.15) is 0 Å². The zero-order valence-corrected chi connectivity index (χ0v) is 11.2. The fraction of sp³-hybridized carbons (Fsp3) is 0.667. The molecule has 3 rings (SSSR count). The van der Waals surface area contributed by atoms with E-state index in [1.54, 1.807) is 0 Å². The lowest BCUT2D eigenvalue weighted by Gasteiger charge is -2.30. The van der Waals surface area contributed by atoms with E-state index in [0.29, 0.717) is 0 Å². The number of anilines is 2. The number of aryl methyl sites for hydroxylation is 1. The summed E-state index contributed by atoms with van der Waals surface area (Å²) >= 11 is 0. The van der Waals surface area contributed by atoms with Crippen LogP contribution in [0, 0.1) is 12.8 Å². The number of pyridine rings is 1. The number of hydrogen-bond acceptors (Lipinski definition) is 3. The first kappa shape index (κ1) is 11.8. The average Bonchev–Trinajstić information content (AvgIpc) is 3.00. The summed E-state index contributed by atoms with van der Waals surface area (Å²) in [5.41, 5.74) is 7.81. The Balaban J connectivity index is 1.82. The minimum Gasteiger partial charge on any atom is -0.397 e. The SMILES string of the molecule is Cc1cc(N2CCCC2C2CCCC2)ncc1N. The van der Waals surface area contributed by atoms with Gasteiger partial charge in [0, 0.05) is 12.6 Å². The minimum absolute atomic E-state index is 0.725. The maximum Gasteiger partial charge on any atom is 0.129 e. The largest absolute Gasteiger partial charge is 0.397 e. The second-order valence-electron chi connectivity index (χ2n) is 5.85. The summed E-state index contributed by atoms with van der Waals surface area (Å²) in [5, 5.41) is 0. The van der Waals surface area contributed by atoms with Crippen molar-refractivity contribution in [3.8, 4) is 0 Å². The molecule has 2 fully saturated rings. The van der Waals surface area contributed by atoms with Crippen LogP contribution in [0.25, 0.3) is 0 Å². The third-order valence-electron chi connectivity index (χ3n) is 4.67. The fourth-order valence-electron chi connectivity index (χ4n) is 3.62. The predicted molar refractivity (Wildman–Crippen MR) is 75.7 cm³/mol. The highest BCUT2D eigenvalue weighted by Gasteiger charge is 2.33. The van der Waals surface area contributed by atoms with Gasteiger partial charge in [0.1, 0.15) is 5.82 Å². The van der Waals surface area contributed by atoms with E-state index in [4.69, 9.17) is 5.73 Å². The van der Waals surface area contributed by atoms with Crippen molar-refractivity contribution in [2.45, 2.75) is 51.5 Å². The van der Waals surface area contributed by atoms with Crippen LogP contribution in [0.5, 0.6) is 0 Å². The number of hydrogen-bond donors (Lipinski definition) is 1. The smallest absolute Gasteiger partial charge is 0.129 e. The molecule has 1 aliphatic heterocycles. The Bertz CT molecular complexity index is 424. The van der Waals surface area contributed by atoms with Crippen molar-refractivity contribution in [2.75, 3.05) is 17.2 Å². The van der Waals surface area contributed by atoms with Crippen LogP contribution in [0.1, 0.15) is 44.1 Å². The highest BCUT2D eigenvalue weighted by atomic mass is 15.2. The minimum atomic E-state index is 0.725. The van der Waals surface area contributed by atoms with Gasteiger partial charge < -0.3 is 10.6 Å². The van der Waals surface area contributed by atoms with Crippen LogP contribution in [0.2, 0.25) is 0 Å². The zero-order valence-electron chi connectivity index (χ0n) is 11.2. The van der Waals surface area contributed by atoms with Crippen LogP contribution >= 0.6 is 0 Å². The van der Waals surface area contributed by atoms with Gasteiger partial charge >= 0.3 is 0 Å². The molecule has 3 nitrogen and oxygen atoms in total. The summed E-state index contributed by atoms with van der Waals surface area (Å²) < 4.78 is 0. The van der Waals surface area contributed by atoms with Gasteiger partial charge in [-0.1, -0.05) is 12.8 Å². The van der Waals surface area contributed by atoms with E-state index in [0.717, 1.165) is 35.6 Å². The molecule has 2 heterocycles. The Hall–Kier alpha value is -1.25. The Morgan fingerprint density at radius 1 is 1.22 bits per heavy atom. The van der Waals surface area contributed by atoms with Crippen molar-refractivity contribution in [3.63, 3.8) is 0 Å². The number of rotatable bonds is 2. The summed E-state index contributed by atoms with van der Waals surface area (Å²) in [6.07, 6.45) is 10.1. The summed E-state index contributed by atoms with van der Waals surface area (Å²) in [6, 6.07) is 2.88. The number of nitrogen functional groups attached to an aromatic ring is 1. The van der Waals surface area contributed by atoms with Crippen LogP contribution in [0.15, 0.2) is 12.3 Å². The molecule has 0 aromatic carbocycles. The second kappa shape index (κ2) is 4.79. The summed E-state index contributed by atoms with van der Waals surface area (Å²) in [4.78, 5) is 7.07. The molecule has 0 radical (unpaired) electrons. The Morgan fingerprint density at radius 2 is 2.00 bits per heavy atom. The number of aromatic nitrogens is 1. The third kappa shape index (κ3) is 2.06. The third-order valence-corrected chi connectivity index (χ3v) is 4.67. The molecule has 0 bridgehead atoms. The summed E-state index contributed by atoms with van der Waals surface area (Å²) in [6.45, 7) is 3.23. The molecule has 3 heteroatoms. The summed E-state index contributed by atoms with van der Waals surface area (Å²) in [5.74, 6) is 2.03. The van der Waals surface area contributed by atoms with Crippen molar-refractivity contribution in [3.05, 3.63) is 17.8 Å². The van der Waals surface area contributed by atoms with Crippen molar-refractivity contribution in [1.82, 2.24) is 4.98 Å². The quantitative estimate of drug-likeness (QED) is 0.870. The monoisotopic (exact) mass is 245 g/mol. The van der Waals surface area contributed by atoms with Gasteiger partial charge in [-0.25, -0.2) is 4.98 Å². The van der Waals surface area contributed by atoms with E-state index >= 15 is 0 Å². The number of nitrogens with zero attached hydrogens (tertiary/aromatic N) is 2. The molecule has 1 saturated carbocycles. The second-order valence-corrected chi connectivity index (χ2v) is 5.85. The normalized spacial score (nSPS) is 24.9. The molecule has 1 aromatic heterocycles. The molecular formula is C15H23N3. The molecule has 1 unspecified atom stereocenters. The van der Waals surface area contributed by atoms with Gasteiger partial charge in [-0.15, -0.1) is 0 Å². The zero-order chi connectivity index (χ0) is 12.5. The Kier molecular flexibility index (Phi) is 3.14. The van der Waals surface area contributed by atoms with E-state index < -0.39 is 0 Å². The van der Waals surface area contributed by atoms with E-state index in [1.807, 2.05) is 6.20 Å². The predicted octanol–water partition coefficient (Wildman–Crippen LogP) is 3.13. The first-order valence-electron chi connectivity index (χ1n) is 7.24. The molecule has 98 valence electrons. The number of nitrogens with two attached hydrogens (primary N) is 1. The highest BCUT2D eigenvalue weighted by molar-refractivity contribution is 5.53. The van der Waals surface area contributed by atoms with Gasteiger partial charge in [0.2, 0.25) is 0 Å². The van der Waals surface area contributed by atoms with Gasteiger partial charge in [0.05, 0.1) is 11.9 Å². The van der Waals surface area contributed by atoms with E-state index in [1.165, 1.54) is 38.5 Å². The maximum atomic E-state index is 5.86. The fourth-order valence-corrected chi connectivity index (χ4v) is 3.62. The van der Waals surface area contributed by atoms with Crippen LogP contribution in [-0.4, -0.2) is 17.6 Å². The van der Waals surface area contributed by atoms with E-state index in [-0.39, 0.29) is 0 Å².